The number of rotatable bonds is 2. The molecule has 1 unspecified atom stereocenters. The number of halogens is 3. The Kier molecular flexibility index (Phi) is 3.42. The van der Waals surface area contributed by atoms with Crippen LogP contribution in [0.25, 0.3) is 0 Å². The summed E-state index contributed by atoms with van der Waals surface area (Å²) < 4.78 is 39.5. The minimum atomic E-state index is -4.69. The van der Waals surface area contributed by atoms with Crippen molar-refractivity contribution in [2.24, 2.45) is 10.4 Å². The van der Waals surface area contributed by atoms with Crippen molar-refractivity contribution in [3.63, 3.8) is 0 Å². The Morgan fingerprint density at radius 2 is 1.95 bits per heavy atom. The molecule has 6 heteroatoms. The van der Waals surface area contributed by atoms with Crippen molar-refractivity contribution in [1.29, 1.82) is 0 Å². The number of amides is 1. The van der Waals surface area contributed by atoms with Crippen LogP contribution >= 0.6 is 0 Å². The first-order valence-corrected chi connectivity index (χ1v) is 5.57. The summed E-state index contributed by atoms with van der Waals surface area (Å²) in [7, 11) is 0. The monoisotopic (exact) mass is 268 g/mol. The molecule has 0 spiro atoms. The number of aliphatic imine (C=N–C) groups is 1. The summed E-state index contributed by atoms with van der Waals surface area (Å²) in [4.78, 5) is 15.5. The Labute approximate surface area is 107 Å². The molecule has 0 saturated heterocycles. The molecule has 1 atom stereocenters. The quantitative estimate of drug-likeness (QED) is 0.880. The molecule has 0 bridgehead atoms. The lowest BCUT2D eigenvalue weighted by Gasteiger charge is -2.31. The molecule has 1 heterocycles. The summed E-state index contributed by atoms with van der Waals surface area (Å²) in [6, 6.07) is 8.02. The average molecular weight is 268 g/mol. The van der Waals surface area contributed by atoms with Crippen molar-refractivity contribution in [2.75, 3.05) is 11.9 Å². The number of alkyl halides is 3. The van der Waals surface area contributed by atoms with Gasteiger partial charge >= 0.3 is 6.18 Å². The first-order valence-electron chi connectivity index (χ1n) is 5.57. The van der Waals surface area contributed by atoms with E-state index in [1.807, 2.05) is 0 Å². The van der Waals surface area contributed by atoms with Crippen molar-refractivity contribution in [3.8, 4) is 0 Å². The van der Waals surface area contributed by atoms with Gasteiger partial charge in [-0.25, -0.2) is 0 Å². The number of allylic oxidation sites excluding steroid dienone is 1. The first kappa shape index (κ1) is 13.3. The standard InChI is InChI=1S/C13H11F3N2O/c14-13(15,16)12(7-4-8-17-9-12)11(19)18-10-5-2-1-3-6-10/h1-8H,9H2,(H,18,19). The van der Waals surface area contributed by atoms with Gasteiger partial charge in [0.25, 0.3) is 0 Å². The fraction of sp³-hybridized carbons (Fsp3) is 0.231. The zero-order valence-corrected chi connectivity index (χ0v) is 9.82. The lowest BCUT2D eigenvalue weighted by atomic mass is 9.84. The number of benzene rings is 1. The lowest BCUT2D eigenvalue weighted by molar-refractivity contribution is -0.201. The number of dihydropyridines is 1. The number of nitrogens with zero attached hydrogens (tertiary/aromatic N) is 1. The molecule has 3 nitrogen and oxygen atoms in total. The van der Waals surface area contributed by atoms with E-state index in [4.69, 9.17) is 0 Å². The van der Waals surface area contributed by atoms with Crippen LogP contribution < -0.4 is 5.32 Å². The molecule has 1 amide bonds. The van der Waals surface area contributed by atoms with Gasteiger partial charge in [0.1, 0.15) is 0 Å². The van der Waals surface area contributed by atoms with Gasteiger partial charge in [0.15, 0.2) is 5.41 Å². The molecule has 100 valence electrons. The molecular weight excluding hydrogens is 257 g/mol. The molecule has 0 saturated carbocycles. The van der Waals surface area contributed by atoms with Crippen LogP contribution in [0.4, 0.5) is 18.9 Å². The predicted molar refractivity (Wildman–Crippen MR) is 66.1 cm³/mol. The Hall–Kier alpha value is -2.11. The van der Waals surface area contributed by atoms with E-state index < -0.39 is 24.0 Å². The lowest BCUT2D eigenvalue weighted by Crippen LogP contribution is -2.49. The van der Waals surface area contributed by atoms with E-state index in [-0.39, 0.29) is 0 Å². The van der Waals surface area contributed by atoms with Gasteiger partial charge in [-0.3, -0.25) is 9.79 Å². The van der Waals surface area contributed by atoms with Gasteiger partial charge in [0, 0.05) is 11.9 Å². The Morgan fingerprint density at radius 3 is 2.47 bits per heavy atom. The van der Waals surface area contributed by atoms with Crippen LogP contribution in [-0.4, -0.2) is 24.8 Å². The molecule has 2 rings (SSSR count). The minimum Gasteiger partial charge on any atom is -0.325 e. The summed E-state index contributed by atoms with van der Waals surface area (Å²) in [5, 5.41) is 2.27. The highest BCUT2D eigenvalue weighted by Gasteiger charge is 2.59. The van der Waals surface area contributed by atoms with Crippen molar-refractivity contribution in [2.45, 2.75) is 6.18 Å². The van der Waals surface area contributed by atoms with Gasteiger partial charge < -0.3 is 5.32 Å². The molecule has 0 fully saturated rings. The van der Waals surface area contributed by atoms with Crippen LogP contribution in [0.2, 0.25) is 0 Å². The Bertz CT molecular complexity index is 522. The van der Waals surface area contributed by atoms with E-state index in [1.165, 1.54) is 18.3 Å². The number of carbonyl (C=O) groups excluding carboxylic acids is 1. The van der Waals surface area contributed by atoms with Crippen molar-refractivity contribution >= 4 is 17.8 Å². The molecular formula is C13H11F3N2O. The third-order valence-corrected chi connectivity index (χ3v) is 2.86. The van der Waals surface area contributed by atoms with Gasteiger partial charge in [-0.15, -0.1) is 0 Å². The number of hydrogen-bond donors (Lipinski definition) is 1. The zero-order valence-electron chi connectivity index (χ0n) is 9.82. The zero-order chi connectivity index (χ0) is 13.9. The average Bonchev–Trinajstić information content (AvgIpc) is 2.39. The van der Waals surface area contributed by atoms with Crippen molar-refractivity contribution < 1.29 is 18.0 Å². The number of para-hydroxylation sites is 1. The van der Waals surface area contributed by atoms with E-state index in [2.05, 4.69) is 10.3 Å². The highest BCUT2D eigenvalue weighted by molar-refractivity contribution is 5.98. The second-order valence-corrected chi connectivity index (χ2v) is 4.14. The van der Waals surface area contributed by atoms with Crippen LogP contribution in [0, 0.1) is 5.41 Å². The number of hydrogen-bond acceptors (Lipinski definition) is 2. The second-order valence-electron chi connectivity index (χ2n) is 4.14. The van der Waals surface area contributed by atoms with Gasteiger partial charge in [-0.1, -0.05) is 24.3 Å². The van der Waals surface area contributed by atoms with Crippen molar-refractivity contribution in [3.05, 3.63) is 42.5 Å². The maximum atomic E-state index is 13.2. The van der Waals surface area contributed by atoms with E-state index in [0.717, 1.165) is 12.2 Å². The summed E-state index contributed by atoms with van der Waals surface area (Å²) in [6.45, 7) is -0.633. The van der Waals surface area contributed by atoms with E-state index in [0.29, 0.717) is 5.69 Å². The Morgan fingerprint density at radius 1 is 1.26 bits per heavy atom. The molecule has 1 aliphatic rings. The maximum absolute atomic E-state index is 13.2. The summed E-state index contributed by atoms with van der Waals surface area (Å²) in [6.07, 6.45) is -1.46. The highest BCUT2D eigenvalue weighted by Crippen LogP contribution is 2.41. The van der Waals surface area contributed by atoms with Crippen LogP contribution in [-0.2, 0) is 4.79 Å². The summed E-state index contributed by atoms with van der Waals surface area (Å²) in [5.41, 5.74) is -2.28. The topological polar surface area (TPSA) is 41.5 Å². The molecule has 0 radical (unpaired) electrons. The first-order chi connectivity index (χ1) is 8.96. The van der Waals surface area contributed by atoms with Gasteiger partial charge in [-0.05, 0) is 18.2 Å². The van der Waals surface area contributed by atoms with Gasteiger partial charge in [-0.2, -0.15) is 13.2 Å². The maximum Gasteiger partial charge on any atom is 0.408 e. The number of anilines is 1. The molecule has 1 N–H and O–H groups in total. The number of nitrogens with one attached hydrogen (secondary N) is 1. The van der Waals surface area contributed by atoms with Crippen LogP contribution in [0.5, 0.6) is 0 Å². The van der Waals surface area contributed by atoms with Gasteiger partial charge in [0.05, 0.1) is 6.54 Å². The highest BCUT2D eigenvalue weighted by atomic mass is 19.4. The molecule has 1 aromatic rings. The van der Waals surface area contributed by atoms with Crippen LogP contribution in [0.3, 0.4) is 0 Å². The fourth-order valence-electron chi connectivity index (χ4n) is 1.74. The second kappa shape index (κ2) is 4.87. The number of carbonyl (C=O) groups is 1. The molecule has 1 aromatic carbocycles. The largest absolute Gasteiger partial charge is 0.408 e. The minimum absolute atomic E-state index is 0.319. The predicted octanol–water partition coefficient (Wildman–Crippen LogP) is 2.81. The third kappa shape index (κ3) is 2.52. The smallest absolute Gasteiger partial charge is 0.325 e. The molecule has 1 aliphatic heterocycles. The van der Waals surface area contributed by atoms with Crippen molar-refractivity contribution in [1.82, 2.24) is 0 Å². The summed E-state index contributed by atoms with van der Waals surface area (Å²) >= 11 is 0. The fourth-order valence-corrected chi connectivity index (χ4v) is 1.74. The van der Waals surface area contributed by atoms with Crippen LogP contribution in [0.15, 0.2) is 47.5 Å². The Balaban J connectivity index is 2.28. The van der Waals surface area contributed by atoms with E-state index in [1.54, 1.807) is 18.2 Å². The normalized spacial score (nSPS) is 22.3. The molecule has 19 heavy (non-hydrogen) atoms. The third-order valence-electron chi connectivity index (χ3n) is 2.86. The molecule has 0 aliphatic carbocycles. The van der Waals surface area contributed by atoms with Crippen LogP contribution in [0.1, 0.15) is 0 Å². The molecule has 0 aromatic heterocycles. The summed E-state index contributed by atoms with van der Waals surface area (Å²) in [5.74, 6) is -1.13. The van der Waals surface area contributed by atoms with E-state index >= 15 is 0 Å². The SMILES string of the molecule is O=C(Nc1ccccc1)C1(C(F)(F)F)C=CC=NC1. The van der Waals surface area contributed by atoms with Gasteiger partial charge in [0.2, 0.25) is 5.91 Å². The van der Waals surface area contributed by atoms with E-state index in [9.17, 15) is 18.0 Å².